The van der Waals surface area contributed by atoms with Gasteiger partial charge < -0.3 is 18.6 Å². The third-order valence-corrected chi connectivity index (χ3v) is 8.17. The molecule has 0 spiro atoms. The molecule has 8 heteroatoms. The van der Waals surface area contributed by atoms with Crippen molar-refractivity contribution in [3.05, 3.63) is 0 Å². The van der Waals surface area contributed by atoms with Gasteiger partial charge in [0.25, 0.3) is 0 Å². The second-order valence-electron chi connectivity index (χ2n) is 8.40. The molecular weight excluding hydrogens is 364 g/mol. The molecule has 7 nitrogen and oxygen atoms in total. The molecule has 1 radical (unpaired) electrons. The summed E-state index contributed by atoms with van der Waals surface area (Å²) in [7, 11) is -2.66. The van der Waals surface area contributed by atoms with E-state index in [9.17, 15) is 10.0 Å². The van der Waals surface area contributed by atoms with Gasteiger partial charge in [-0.2, -0.15) is 0 Å². The number of nitrogens with one attached hydrogen (secondary N) is 1. The SMILES string of the molecule is CCO[Si](CCCNC(=O)C1CC(C)(C)N([O])C(C)(C)C1)(OCC)OCC. The Balaban J connectivity index is 2.56. The number of amides is 1. The summed E-state index contributed by atoms with van der Waals surface area (Å²) in [6.07, 6.45) is 1.88. The van der Waals surface area contributed by atoms with Gasteiger partial charge in [-0.05, 0) is 67.7 Å². The fourth-order valence-electron chi connectivity index (χ4n) is 4.11. The average Bonchev–Trinajstić information content (AvgIpc) is 2.56. The van der Waals surface area contributed by atoms with Crippen molar-refractivity contribution in [1.29, 1.82) is 0 Å². The molecule has 0 atom stereocenters. The molecule has 0 saturated carbocycles. The van der Waals surface area contributed by atoms with Crippen molar-refractivity contribution in [2.75, 3.05) is 26.4 Å². The van der Waals surface area contributed by atoms with E-state index >= 15 is 0 Å². The molecule has 0 aliphatic carbocycles. The largest absolute Gasteiger partial charge is 0.500 e. The molecular formula is C19H39N2O5Si. The summed E-state index contributed by atoms with van der Waals surface area (Å²) >= 11 is 0. The Morgan fingerprint density at radius 3 is 1.85 bits per heavy atom. The van der Waals surface area contributed by atoms with E-state index < -0.39 is 19.9 Å². The van der Waals surface area contributed by atoms with Gasteiger partial charge in [-0.1, -0.05) is 0 Å². The van der Waals surface area contributed by atoms with Crippen LogP contribution in [0.1, 0.15) is 67.7 Å². The highest BCUT2D eigenvalue weighted by Crippen LogP contribution is 2.40. The van der Waals surface area contributed by atoms with Gasteiger partial charge in [0.2, 0.25) is 5.91 Å². The van der Waals surface area contributed by atoms with Crippen LogP contribution < -0.4 is 5.32 Å². The van der Waals surface area contributed by atoms with E-state index in [1.807, 2.05) is 48.5 Å². The van der Waals surface area contributed by atoms with E-state index in [0.29, 0.717) is 45.3 Å². The van der Waals surface area contributed by atoms with E-state index in [1.54, 1.807) is 0 Å². The van der Waals surface area contributed by atoms with Crippen LogP contribution in [0, 0.1) is 5.92 Å². The van der Waals surface area contributed by atoms with E-state index in [4.69, 9.17) is 13.3 Å². The molecule has 0 aromatic heterocycles. The Labute approximate surface area is 166 Å². The first-order chi connectivity index (χ1) is 12.5. The highest BCUT2D eigenvalue weighted by molar-refractivity contribution is 6.60. The minimum absolute atomic E-state index is 0.0285. The highest BCUT2D eigenvalue weighted by Gasteiger charge is 2.48. The van der Waals surface area contributed by atoms with Gasteiger partial charge in [-0.15, -0.1) is 10.3 Å². The number of carbonyl (C=O) groups excluding carboxylic acids is 1. The van der Waals surface area contributed by atoms with Crippen LogP contribution in [-0.4, -0.2) is 57.2 Å². The molecule has 0 aromatic carbocycles. The number of hydrogen-bond acceptors (Lipinski definition) is 5. The topological polar surface area (TPSA) is 79.9 Å². The lowest BCUT2D eigenvalue weighted by molar-refractivity contribution is -0.292. The molecule has 1 rings (SSSR count). The molecule has 1 aliphatic rings. The van der Waals surface area contributed by atoms with Crippen LogP contribution in [0.25, 0.3) is 0 Å². The monoisotopic (exact) mass is 403 g/mol. The molecule has 1 heterocycles. The minimum atomic E-state index is -2.66. The minimum Gasteiger partial charge on any atom is -0.374 e. The number of hydroxylamine groups is 2. The maximum Gasteiger partial charge on any atom is 0.500 e. The fourth-order valence-corrected chi connectivity index (χ4v) is 6.72. The summed E-state index contributed by atoms with van der Waals surface area (Å²) in [6.45, 7) is 15.7. The lowest BCUT2D eigenvalue weighted by Gasteiger charge is -2.49. The summed E-state index contributed by atoms with van der Waals surface area (Å²) in [5.74, 6) is -0.117. The maximum atomic E-state index is 12.7. The third kappa shape index (κ3) is 6.80. The quantitative estimate of drug-likeness (QED) is 0.423. The summed E-state index contributed by atoms with van der Waals surface area (Å²) in [5, 5.41) is 16.6. The van der Waals surface area contributed by atoms with E-state index in [2.05, 4.69) is 5.32 Å². The van der Waals surface area contributed by atoms with Crippen molar-refractivity contribution in [2.24, 2.45) is 5.92 Å². The third-order valence-electron chi connectivity index (χ3n) is 5.01. The number of carbonyl (C=O) groups is 1. The van der Waals surface area contributed by atoms with E-state index in [1.165, 1.54) is 0 Å². The molecule has 0 aromatic rings. The van der Waals surface area contributed by atoms with Crippen LogP contribution in [0.15, 0.2) is 0 Å². The summed E-state index contributed by atoms with van der Waals surface area (Å²) in [5.41, 5.74) is -1.07. The van der Waals surface area contributed by atoms with Crippen molar-refractivity contribution in [1.82, 2.24) is 10.4 Å². The second kappa shape index (κ2) is 10.3. The van der Waals surface area contributed by atoms with Gasteiger partial charge in [0, 0.05) is 49.4 Å². The Morgan fingerprint density at radius 1 is 1.00 bits per heavy atom. The highest BCUT2D eigenvalue weighted by atomic mass is 28.4. The lowest BCUT2D eigenvalue weighted by Crippen LogP contribution is -2.60. The Hall–Kier alpha value is -0.513. The standard InChI is InChI=1S/C19H39N2O5Si/c1-8-24-27(25-9-2,26-10-3)13-11-12-20-17(22)16-14-18(4,5)21(23)19(6,7)15-16/h16H,8-15H2,1-7H3,(H,20,22). The van der Waals surface area contributed by atoms with Crippen LogP contribution in [-0.2, 0) is 23.3 Å². The smallest absolute Gasteiger partial charge is 0.374 e. The van der Waals surface area contributed by atoms with Crippen molar-refractivity contribution in [3.8, 4) is 0 Å². The van der Waals surface area contributed by atoms with Crippen LogP contribution >= 0.6 is 0 Å². The lowest BCUT2D eigenvalue weighted by atomic mass is 9.75. The fraction of sp³-hybridized carbons (Fsp3) is 0.947. The molecule has 0 unspecified atom stereocenters. The van der Waals surface area contributed by atoms with Gasteiger partial charge in [0.05, 0.1) is 0 Å². The molecule has 159 valence electrons. The summed E-state index contributed by atoms with van der Waals surface area (Å²) in [6, 6.07) is 0.679. The predicted molar refractivity (Wildman–Crippen MR) is 106 cm³/mol. The first-order valence-electron chi connectivity index (χ1n) is 10.2. The Kier molecular flexibility index (Phi) is 9.37. The first-order valence-corrected chi connectivity index (χ1v) is 12.1. The Bertz CT molecular complexity index is 438. The molecule has 1 fully saturated rings. The van der Waals surface area contributed by atoms with Gasteiger partial charge in [0.1, 0.15) is 0 Å². The molecule has 0 bridgehead atoms. The molecule has 1 saturated heterocycles. The molecule has 27 heavy (non-hydrogen) atoms. The van der Waals surface area contributed by atoms with Crippen molar-refractivity contribution in [3.63, 3.8) is 0 Å². The molecule has 1 N–H and O–H groups in total. The van der Waals surface area contributed by atoms with Crippen molar-refractivity contribution < 1.29 is 23.3 Å². The number of hydrogen-bond donors (Lipinski definition) is 1. The van der Waals surface area contributed by atoms with Gasteiger partial charge >= 0.3 is 8.80 Å². The maximum absolute atomic E-state index is 12.7. The van der Waals surface area contributed by atoms with Gasteiger partial charge in [-0.25, -0.2) is 0 Å². The van der Waals surface area contributed by atoms with E-state index in [-0.39, 0.29) is 11.8 Å². The Morgan fingerprint density at radius 2 is 1.44 bits per heavy atom. The zero-order valence-electron chi connectivity index (χ0n) is 18.2. The second-order valence-corrected chi connectivity index (χ2v) is 11.1. The molecule has 1 amide bonds. The van der Waals surface area contributed by atoms with Crippen LogP contribution in [0.5, 0.6) is 0 Å². The summed E-state index contributed by atoms with van der Waals surface area (Å²) in [4.78, 5) is 12.7. The predicted octanol–water partition coefficient (Wildman–Crippen LogP) is 3.16. The van der Waals surface area contributed by atoms with Gasteiger partial charge in [-0.3, -0.25) is 4.79 Å². The zero-order valence-corrected chi connectivity index (χ0v) is 19.2. The van der Waals surface area contributed by atoms with Gasteiger partial charge in [0.15, 0.2) is 0 Å². The van der Waals surface area contributed by atoms with E-state index in [0.717, 1.165) is 11.5 Å². The van der Waals surface area contributed by atoms with Crippen LogP contribution in [0.3, 0.4) is 0 Å². The first kappa shape index (κ1) is 24.5. The number of piperidine rings is 1. The van der Waals surface area contributed by atoms with Crippen molar-refractivity contribution >= 4 is 14.7 Å². The number of nitrogens with zero attached hydrogens (tertiary/aromatic N) is 1. The average molecular weight is 404 g/mol. The van der Waals surface area contributed by atoms with Crippen LogP contribution in [0.4, 0.5) is 0 Å². The number of rotatable bonds is 11. The molecule has 1 aliphatic heterocycles. The normalized spacial score (nSPS) is 20.6. The van der Waals surface area contributed by atoms with Crippen molar-refractivity contribution in [2.45, 2.75) is 84.9 Å². The van der Waals surface area contributed by atoms with Crippen LogP contribution in [0.2, 0.25) is 6.04 Å². The summed E-state index contributed by atoms with van der Waals surface area (Å²) < 4.78 is 17.5. The zero-order chi connectivity index (χ0) is 20.7.